The third-order valence-electron chi connectivity index (χ3n) is 4.09. The molecule has 1 amide bonds. The van der Waals surface area contributed by atoms with E-state index in [1.165, 1.54) is 6.07 Å². The molecule has 2 heterocycles. The molecule has 2 aromatic rings. The molecular weight excluding hydrogens is 296 g/mol. The van der Waals surface area contributed by atoms with Crippen molar-refractivity contribution in [1.82, 2.24) is 10.2 Å². The van der Waals surface area contributed by atoms with Crippen LogP contribution in [-0.2, 0) is 4.74 Å². The van der Waals surface area contributed by atoms with E-state index in [2.05, 4.69) is 17.1 Å². The second kappa shape index (κ2) is 6.93. The van der Waals surface area contributed by atoms with Crippen LogP contribution in [0.3, 0.4) is 0 Å². The molecule has 1 N–H and O–H groups in total. The molecule has 0 radical (unpaired) electrons. The van der Waals surface area contributed by atoms with Crippen molar-refractivity contribution in [3.63, 3.8) is 0 Å². The van der Waals surface area contributed by atoms with Crippen molar-refractivity contribution in [1.29, 1.82) is 0 Å². The Balaban J connectivity index is 1.67. The van der Waals surface area contributed by atoms with Crippen LogP contribution in [0, 0.1) is 0 Å². The summed E-state index contributed by atoms with van der Waals surface area (Å²) in [5.41, 5.74) is 0.213. The molecule has 1 aliphatic rings. The molecule has 122 valence electrons. The van der Waals surface area contributed by atoms with E-state index in [1.807, 2.05) is 0 Å². The van der Waals surface area contributed by atoms with Crippen LogP contribution in [0.5, 0.6) is 0 Å². The number of fused-ring (bicyclic) bond motifs is 1. The first kappa shape index (κ1) is 15.7. The Kier molecular flexibility index (Phi) is 4.73. The van der Waals surface area contributed by atoms with Crippen LogP contribution in [-0.4, -0.2) is 49.7 Å². The normalized spacial score (nSPS) is 17.1. The number of rotatable bonds is 4. The topological polar surface area (TPSA) is 71.8 Å². The number of benzene rings is 1. The van der Waals surface area contributed by atoms with Crippen molar-refractivity contribution in [2.75, 3.05) is 32.8 Å². The fourth-order valence-electron chi connectivity index (χ4n) is 2.69. The lowest BCUT2D eigenvalue weighted by Crippen LogP contribution is -2.47. The van der Waals surface area contributed by atoms with Crippen molar-refractivity contribution in [3.05, 3.63) is 46.3 Å². The molecule has 6 nitrogen and oxygen atoms in total. The SMILES string of the molecule is C[C@@H](CNC(=O)c1cc(=O)c2ccccc2o1)N1CCOCC1. The molecule has 0 aliphatic carbocycles. The Morgan fingerprint density at radius 3 is 2.83 bits per heavy atom. The van der Waals surface area contributed by atoms with Gasteiger partial charge in [0.05, 0.1) is 18.6 Å². The fraction of sp³-hybridized carbons (Fsp3) is 0.412. The van der Waals surface area contributed by atoms with E-state index in [0.717, 1.165) is 26.3 Å². The van der Waals surface area contributed by atoms with E-state index < -0.39 is 0 Å². The highest BCUT2D eigenvalue weighted by Crippen LogP contribution is 2.11. The smallest absolute Gasteiger partial charge is 0.287 e. The summed E-state index contributed by atoms with van der Waals surface area (Å²) in [5, 5.41) is 3.31. The molecule has 0 unspecified atom stereocenters. The zero-order chi connectivity index (χ0) is 16.2. The Morgan fingerprint density at radius 2 is 2.04 bits per heavy atom. The molecule has 3 rings (SSSR count). The van der Waals surface area contributed by atoms with Gasteiger partial charge in [0.2, 0.25) is 0 Å². The number of amides is 1. The molecule has 1 aromatic carbocycles. The number of hydrogen-bond donors (Lipinski definition) is 1. The van der Waals surface area contributed by atoms with Crippen molar-refractivity contribution in [3.8, 4) is 0 Å². The maximum Gasteiger partial charge on any atom is 0.287 e. The van der Waals surface area contributed by atoms with Crippen molar-refractivity contribution >= 4 is 16.9 Å². The number of hydrogen-bond acceptors (Lipinski definition) is 5. The summed E-state index contributed by atoms with van der Waals surface area (Å²) in [6, 6.07) is 8.36. The number of nitrogens with zero attached hydrogens (tertiary/aromatic N) is 1. The monoisotopic (exact) mass is 316 g/mol. The summed E-state index contributed by atoms with van der Waals surface area (Å²) in [6.07, 6.45) is 0. The molecule has 1 aromatic heterocycles. The first-order valence-electron chi connectivity index (χ1n) is 7.78. The second-order valence-corrected chi connectivity index (χ2v) is 5.68. The summed E-state index contributed by atoms with van der Waals surface area (Å²) in [5.74, 6) is -0.323. The minimum Gasteiger partial charge on any atom is -0.451 e. The van der Waals surface area contributed by atoms with Gasteiger partial charge in [-0.05, 0) is 19.1 Å². The number of carbonyl (C=O) groups is 1. The van der Waals surface area contributed by atoms with Gasteiger partial charge in [0.15, 0.2) is 11.2 Å². The molecule has 1 saturated heterocycles. The Hall–Kier alpha value is -2.18. The van der Waals surface area contributed by atoms with Gasteiger partial charge in [0.25, 0.3) is 5.91 Å². The van der Waals surface area contributed by atoms with Crippen LogP contribution in [0.2, 0.25) is 0 Å². The van der Waals surface area contributed by atoms with E-state index in [0.29, 0.717) is 17.5 Å². The minimum atomic E-state index is -0.368. The van der Waals surface area contributed by atoms with E-state index in [1.54, 1.807) is 24.3 Å². The van der Waals surface area contributed by atoms with E-state index in [4.69, 9.17) is 9.15 Å². The molecule has 1 aliphatic heterocycles. The third kappa shape index (κ3) is 3.60. The Bertz CT molecular complexity index is 750. The molecule has 1 atom stereocenters. The van der Waals surface area contributed by atoms with Gasteiger partial charge in [0.1, 0.15) is 5.58 Å². The Labute approximate surface area is 134 Å². The molecule has 6 heteroatoms. The molecule has 23 heavy (non-hydrogen) atoms. The Morgan fingerprint density at radius 1 is 1.30 bits per heavy atom. The van der Waals surface area contributed by atoms with Gasteiger partial charge >= 0.3 is 0 Å². The zero-order valence-electron chi connectivity index (χ0n) is 13.1. The van der Waals surface area contributed by atoms with Gasteiger partial charge in [-0.1, -0.05) is 12.1 Å². The quantitative estimate of drug-likeness (QED) is 0.919. The van der Waals surface area contributed by atoms with E-state index in [-0.39, 0.29) is 23.1 Å². The first-order valence-corrected chi connectivity index (χ1v) is 7.78. The van der Waals surface area contributed by atoms with Crippen LogP contribution in [0.1, 0.15) is 17.5 Å². The number of carbonyl (C=O) groups excluding carboxylic acids is 1. The molecule has 0 spiro atoms. The number of nitrogens with one attached hydrogen (secondary N) is 1. The van der Waals surface area contributed by atoms with Crippen molar-refractivity contribution < 1.29 is 13.9 Å². The summed E-state index contributed by atoms with van der Waals surface area (Å²) in [6.45, 7) is 5.72. The van der Waals surface area contributed by atoms with E-state index >= 15 is 0 Å². The van der Waals surface area contributed by atoms with E-state index in [9.17, 15) is 9.59 Å². The van der Waals surface area contributed by atoms with Gasteiger partial charge in [-0.3, -0.25) is 14.5 Å². The van der Waals surface area contributed by atoms with Crippen LogP contribution < -0.4 is 10.7 Å². The average Bonchev–Trinajstić information content (AvgIpc) is 2.60. The summed E-state index contributed by atoms with van der Waals surface area (Å²) < 4.78 is 10.9. The van der Waals surface area contributed by atoms with Gasteiger partial charge in [0, 0.05) is 31.7 Å². The van der Waals surface area contributed by atoms with Gasteiger partial charge in [-0.25, -0.2) is 0 Å². The maximum atomic E-state index is 12.2. The van der Waals surface area contributed by atoms with Crippen LogP contribution in [0.4, 0.5) is 0 Å². The number of ether oxygens (including phenoxy) is 1. The number of morpholine rings is 1. The average molecular weight is 316 g/mol. The molecule has 1 fully saturated rings. The first-order chi connectivity index (χ1) is 11.1. The lowest BCUT2D eigenvalue weighted by atomic mass is 10.2. The van der Waals surface area contributed by atoms with Crippen LogP contribution in [0.25, 0.3) is 11.0 Å². The molecular formula is C17H20N2O4. The standard InChI is InChI=1S/C17H20N2O4/c1-12(19-6-8-22-9-7-19)11-18-17(21)16-10-14(20)13-4-2-3-5-15(13)23-16/h2-5,10,12H,6-9,11H2,1H3,(H,18,21)/t12-/m0/s1. The van der Waals surface area contributed by atoms with Gasteiger partial charge in [-0.2, -0.15) is 0 Å². The summed E-state index contributed by atoms with van der Waals surface area (Å²) in [7, 11) is 0. The van der Waals surface area contributed by atoms with Crippen LogP contribution >= 0.6 is 0 Å². The molecule has 0 bridgehead atoms. The zero-order valence-corrected chi connectivity index (χ0v) is 13.1. The van der Waals surface area contributed by atoms with Gasteiger partial charge in [-0.15, -0.1) is 0 Å². The van der Waals surface area contributed by atoms with Gasteiger partial charge < -0.3 is 14.5 Å². The lowest BCUT2D eigenvalue weighted by Gasteiger charge is -2.32. The van der Waals surface area contributed by atoms with Crippen molar-refractivity contribution in [2.24, 2.45) is 0 Å². The second-order valence-electron chi connectivity index (χ2n) is 5.68. The summed E-state index contributed by atoms with van der Waals surface area (Å²) in [4.78, 5) is 26.5. The highest BCUT2D eigenvalue weighted by molar-refractivity contribution is 5.93. The predicted molar refractivity (Wildman–Crippen MR) is 86.7 cm³/mol. The fourth-order valence-corrected chi connectivity index (χ4v) is 2.69. The van der Waals surface area contributed by atoms with Crippen molar-refractivity contribution in [2.45, 2.75) is 13.0 Å². The summed E-state index contributed by atoms with van der Waals surface area (Å²) >= 11 is 0. The largest absolute Gasteiger partial charge is 0.451 e. The maximum absolute atomic E-state index is 12.2. The number of para-hydroxylation sites is 1. The highest BCUT2D eigenvalue weighted by Gasteiger charge is 2.18. The van der Waals surface area contributed by atoms with Crippen LogP contribution in [0.15, 0.2) is 39.5 Å². The lowest BCUT2D eigenvalue weighted by molar-refractivity contribution is 0.0203. The minimum absolute atomic E-state index is 0.0443. The predicted octanol–water partition coefficient (Wildman–Crippen LogP) is 1.24. The third-order valence-corrected chi connectivity index (χ3v) is 4.09. The highest BCUT2D eigenvalue weighted by atomic mass is 16.5. The molecule has 0 saturated carbocycles.